The molecule has 1 aromatic heterocycles. The molecule has 0 bridgehead atoms. The number of aryl methyl sites for hydroxylation is 1. The second-order valence-corrected chi connectivity index (χ2v) is 8.64. The fraction of sp³-hybridized carbons (Fsp3) is 0.304. The van der Waals surface area contributed by atoms with Crippen molar-refractivity contribution >= 4 is 23.2 Å². The molecular weight excluding hydrogens is 427 g/mol. The van der Waals surface area contributed by atoms with E-state index in [2.05, 4.69) is 11.1 Å². The van der Waals surface area contributed by atoms with Crippen LogP contribution in [-0.4, -0.2) is 9.55 Å². The van der Waals surface area contributed by atoms with E-state index in [9.17, 15) is 9.65 Å². The van der Waals surface area contributed by atoms with Gasteiger partial charge >= 0.3 is 0 Å². The Bertz CT molecular complexity index is 1150. The van der Waals surface area contributed by atoms with Gasteiger partial charge in [0, 0.05) is 18.8 Å². The summed E-state index contributed by atoms with van der Waals surface area (Å²) >= 11 is 12.2. The molecule has 1 fully saturated rings. The smallest absolute Gasteiger partial charge is 0.158 e. The van der Waals surface area contributed by atoms with E-state index >= 15 is 4.39 Å². The maximum absolute atomic E-state index is 15.3. The van der Waals surface area contributed by atoms with Crippen LogP contribution in [0.3, 0.4) is 0 Å². The molecule has 4 rings (SSSR count). The highest BCUT2D eigenvalue weighted by molar-refractivity contribution is 6.31. The lowest BCUT2D eigenvalue weighted by molar-refractivity contribution is 0.284. The zero-order chi connectivity index (χ0) is 21.5. The van der Waals surface area contributed by atoms with E-state index in [1.807, 2.05) is 7.05 Å². The quantitative estimate of drug-likeness (QED) is 0.460. The molecule has 2 atom stereocenters. The monoisotopic (exact) mass is 445 g/mol. The zero-order valence-corrected chi connectivity index (χ0v) is 17.8. The molecule has 154 valence electrons. The van der Waals surface area contributed by atoms with Crippen LogP contribution in [0.5, 0.6) is 0 Å². The molecule has 3 aromatic rings. The molecule has 2 aromatic carbocycles. The molecule has 1 heterocycles. The normalized spacial score (nSPS) is 21.4. The van der Waals surface area contributed by atoms with E-state index in [0.717, 1.165) is 18.4 Å². The fourth-order valence-electron chi connectivity index (χ4n) is 4.73. The van der Waals surface area contributed by atoms with Crippen LogP contribution in [0.25, 0.3) is 0 Å². The molecule has 0 saturated heterocycles. The number of benzene rings is 2. The number of halogens is 4. The predicted octanol–water partition coefficient (Wildman–Crippen LogP) is 6.52. The highest BCUT2D eigenvalue weighted by Gasteiger charge is 2.45. The summed E-state index contributed by atoms with van der Waals surface area (Å²) in [6.45, 7) is 0. The van der Waals surface area contributed by atoms with Crippen molar-refractivity contribution in [1.82, 2.24) is 9.55 Å². The Labute approximate surface area is 183 Å². The van der Waals surface area contributed by atoms with Crippen molar-refractivity contribution in [2.45, 2.75) is 37.0 Å². The van der Waals surface area contributed by atoms with Gasteiger partial charge in [-0.1, -0.05) is 47.8 Å². The van der Waals surface area contributed by atoms with Gasteiger partial charge < -0.3 is 4.57 Å². The molecule has 2 unspecified atom stereocenters. The van der Waals surface area contributed by atoms with Crippen LogP contribution >= 0.6 is 23.2 Å². The Kier molecular flexibility index (Phi) is 5.57. The van der Waals surface area contributed by atoms with Crippen LogP contribution in [0.1, 0.15) is 54.2 Å². The van der Waals surface area contributed by atoms with Crippen molar-refractivity contribution in [1.29, 1.82) is 5.26 Å². The van der Waals surface area contributed by atoms with Gasteiger partial charge in [-0.2, -0.15) is 5.26 Å². The average molecular weight is 446 g/mol. The van der Waals surface area contributed by atoms with E-state index in [1.165, 1.54) is 12.1 Å². The summed E-state index contributed by atoms with van der Waals surface area (Å²) in [6.07, 6.45) is 4.52. The predicted molar refractivity (Wildman–Crippen MR) is 113 cm³/mol. The minimum atomic E-state index is -0.775. The van der Waals surface area contributed by atoms with E-state index in [1.54, 1.807) is 35.0 Å². The topological polar surface area (TPSA) is 41.6 Å². The maximum Gasteiger partial charge on any atom is 0.158 e. The Morgan fingerprint density at radius 1 is 1.20 bits per heavy atom. The molecule has 30 heavy (non-hydrogen) atoms. The molecule has 0 radical (unpaired) electrons. The minimum absolute atomic E-state index is 0.0254. The molecule has 0 amide bonds. The molecule has 1 aliphatic carbocycles. The van der Waals surface area contributed by atoms with E-state index in [-0.39, 0.29) is 21.7 Å². The Balaban J connectivity index is 1.89. The lowest BCUT2D eigenvalue weighted by Crippen LogP contribution is -2.37. The summed E-state index contributed by atoms with van der Waals surface area (Å²) in [4.78, 5) is 4.54. The number of hydrogen-bond donors (Lipinski definition) is 0. The van der Waals surface area contributed by atoms with Gasteiger partial charge in [0.2, 0.25) is 0 Å². The molecule has 0 aliphatic heterocycles. The van der Waals surface area contributed by atoms with Crippen LogP contribution in [0.15, 0.2) is 42.6 Å². The van der Waals surface area contributed by atoms with Gasteiger partial charge in [-0.05, 0) is 48.9 Å². The van der Waals surface area contributed by atoms with E-state index < -0.39 is 17.0 Å². The average Bonchev–Trinajstić information content (AvgIpc) is 3.13. The second kappa shape index (κ2) is 8.02. The molecule has 0 spiro atoms. The highest BCUT2D eigenvalue weighted by atomic mass is 35.5. The Morgan fingerprint density at radius 2 is 2.00 bits per heavy atom. The van der Waals surface area contributed by atoms with Gasteiger partial charge in [0.05, 0.1) is 15.5 Å². The van der Waals surface area contributed by atoms with Crippen molar-refractivity contribution in [2.75, 3.05) is 0 Å². The van der Waals surface area contributed by atoms with Crippen LogP contribution in [-0.2, 0) is 12.5 Å². The number of aromatic nitrogens is 2. The third-order valence-corrected chi connectivity index (χ3v) is 6.63. The lowest BCUT2D eigenvalue weighted by Gasteiger charge is -2.41. The third kappa shape index (κ3) is 3.49. The van der Waals surface area contributed by atoms with Crippen molar-refractivity contribution in [3.8, 4) is 6.07 Å². The van der Waals surface area contributed by atoms with Crippen LogP contribution in [0.4, 0.5) is 8.78 Å². The first-order valence-corrected chi connectivity index (χ1v) is 10.4. The second-order valence-electron chi connectivity index (χ2n) is 7.82. The zero-order valence-electron chi connectivity index (χ0n) is 16.3. The lowest BCUT2D eigenvalue weighted by atomic mass is 9.63. The summed E-state index contributed by atoms with van der Waals surface area (Å²) < 4.78 is 30.8. The van der Waals surface area contributed by atoms with Crippen LogP contribution in [0, 0.1) is 23.0 Å². The summed E-state index contributed by atoms with van der Waals surface area (Å²) in [5.41, 5.74) is 0.873. The van der Waals surface area contributed by atoms with Gasteiger partial charge in [-0.15, -0.1) is 0 Å². The first-order valence-electron chi connectivity index (χ1n) is 9.69. The van der Waals surface area contributed by atoms with Gasteiger partial charge in [-0.3, -0.25) is 0 Å². The van der Waals surface area contributed by atoms with Crippen molar-refractivity contribution in [3.05, 3.63) is 86.9 Å². The minimum Gasteiger partial charge on any atom is -0.336 e. The Morgan fingerprint density at radius 3 is 2.70 bits per heavy atom. The van der Waals surface area contributed by atoms with Crippen molar-refractivity contribution in [2.24, 2.45) is 7.05 Å². The standard InChI is InChI=1S/C23H19Cl2F2N3/c1-30-13-16(12-28)29-22(30)23(17-5-2-6-18(24)21(17)27)9-3-4-15(11-23)14-7-8-20(26)19(25)10-14/h2,5-8,10,13,15H,3-4,9,11H2,1H3. The maximum atomic E-state index is 15.3. The van der Waals surface area contributed by atoms with Crippen molar-refractivity contribution in [3.63, 3.8) is 0 Å². The van der Waals surface area contributed by atoms with Gasteiger partial charge in [-0.25, -0.2) is 13.8 Å². The molecule has 1 aliphatic rings. The van der Waals surface area contributed by atoms with Gasteiger partial charge in [0.1, 0.15) is 23.5 Å². The molecule has 3 nitrogen and oxygen atoms in total. The number of nitrogens with zero attached hydrogens (tertiary/aromatic N) is 3. The van der Waals surface area contributed by atoms with E-state index in [0.29, 0.717) is 24.2 Å². The third-order valence-electron chi connectivity index (χ3n) is 6.05. The van der Waals surface area contributed by atoms with Crippen molar-refractivity contribution < 1.29 is 8.78 Å². The first-order chi connectivity index (χ1) is 14.4. The Hall–Kier alpha value is -2.42. The largest absolute Gasteiger partial charge is 0.336 e. The summed E-state index contributed by atoms with van der Waals surface area (Å²) in [7, 11) is 1.81. The van der Waals surface area contributed by atoms with Crippen LogP contribution in [0.2, 0.25) is 10.0 Å². The number of nitriles is 1. The fourth-order valence-corrected chi connectivity index (χ4v) is 5.10. The number of imidazole rings is 1. The highest BCUT2D eigenvalue weighted by Crippen LogP contribution is 2.50. The van der Waals surface area contributed by atoms with Crippen LogP contribution < -0.4 is 0 Å². The summed E-state index contributed by atoms with van der Waals surface area (Å²) in [6, 6.07) is 11.8. The molecule has 7 heteroatoms. The molecular formula is C23H19Cl2F2N3. The van der Waals surface area contributed by atoms with Gasteiger partial charge in [0.15, 0.2) is 5.69 Å². The summed E-state index contributed by atoms with van der Waals surface area (Å²) in [5.74, 6) is -0.291. The van der Waals surface area contributed by atoms with E-state index in [4.69, 9.17) is 23.2 Å². The molecule has 0 N–H and O–H groups in total. The molecule has 1 saturated carbocycles. The summed E-state index contributed by atoms with van der Waals surface area (Å²) in [5, 5.41) is 9.46. The van der Waals surface area contributed by atoms with Gasteiger partial charge in [0.25, 0.3) is 0 Å². The number of hydrogen-bond acceptors (Lipinski definition) is 2. The SMILES string of the molecule is Cn1cc(C#N)nc1C1(c2cccc(Cl)c2F)CCCC(c2ccc(F)c(Cl)c2)C1. The first kappa shape index (κ1) is 20.8. The number of rotatable bonds is 3.